The van der Waals surface area contributed by atoms with Crippen LogP contribution in [0.1, 0.15) is 20.8 Å². The Kier molecular flexibility index (Phi) is 5.64. The lowest BCUT2D eigenvalue weighted by molar-refractivity contribution is 0.263. The van der Waals surface area contributed by atoms with Crippen molar-refractivity contribution in [3.05, 3.63) is 15.4 Å². The molecule has 0 atom stereocenters. The first-order valence-electron chi connectivity index (χ1n) is 6.70. The van der Waals surface area contributed by atoms with Gasteiger partial charge in [-0.2, -0.15) is 0 Å². The molecule has 1 aromatic carbocycles. The Labute approximate surface area is 140 Å². The Morgan fingerprint density at radius 2 is 1.52 bits per heavy atom. The summed E-state index contributed by atoms with van der Waals surface area (Å²) in [5.41, 5.74) is 0.678. The van der Waals surface area contributed by atoms with Crippen molar-refractivity contribution < 1.29 is 14.2 Å². The van der Waals surface area contributed by atoms with E-state index in [0.717, 1.165) is 5.39 Å². The lowest BCUT2D eigenvalue weighted by Crippen LogP contribution is -2.04. The molecule has 2 aromatic rings. The Bertz CT molecular complexity index is 650. The second kappa shape index (κ2) is 7.26. The minimum Gasteiger partial charge on any atom is -0.490 e. The summed E-state index contributed by atoms with van der Waals surface area (Å²) in [6, 6.07) is 1.86. The molecule has 0 saturated heterocycles. The first kappa shape index (κ1) is 16.3. The number of benzene rings is 1. The highest BCUT2D eigenvalue weighted by atomic mass is 79.9. The number of nitrogens with zero attached hydrogens (tertiary/aromatic N) is 2. The summed E-state index contributed by atoms with van der Waals surface area (Å²) >= 11 is 6.75. The Hall–Kier alpha value is -1.08. The molecule has 0 bridgehead atoms. The van der Waals surface area contributed by atoms with Crippen molar-refractivity contribution in [2.45, 2.75) is 20.8 Å². The fraction of sp³-hybridized carbons (Fsp3) is 0.429. The van der Waals surface area contributed by atoms with Gasteiger partial charge in [-0.1, -0.05) is 0 Å². The van der Waals surface area contributed by atoms with Gasteiger partial charge in [0.05, 0.1) is 19.8 Å². The van der Waals surface area contributed by atoms with E-state index in [1.54, 1.807) is 0 Å². The van der Waals surface area contributed by atoms with Gasteiger partial charge in [-0.15, -0.1) is 0 Å². The number of fused-ring (bicyclic) bond motifs is 1. The highest BCUT2D eigenvalue weighted by Gasteiger charge is 2.20. The van der Waals surface area contributed by atoms with Crippen LogP contribution in [0.3, 0.4) is 0 Å². The molecule has 21 heavy (non-hydrogen) atoms. The van der Waals surface area contributed by atoms with Crippen LogP contribution in [0.25, 0.3) is 10.9 Å². The smallest absolute Gasteiger partial charge is 0.205 e. The predicted octanol–water partition coefficient (Wildman–Crippen LogP) is 4.35. The van der Waals surface area contributed by atoms with Gasteiger partial charge >= 0.3 is 0 Å². The van der Waals surface area contributed by atoms with Crippen LogP contribution in [0.4, 0.5) is 0 Å². The van der Waals surface area contributed by atoms with Crippen molar-refractivity contribution in [1.82, 2.24) is 9.97 Å². The second-order valence-electron chi connectivity index (χ2n) is 4.01. The van der Waals surface area contributed by atoms with Gasteiger partial charge in [0.2, 0.25) is 5.75 Å². The molecular formula is C14H16Br2N2O3. The highest BCUT2D eigenvalue weighted by molar-refractivity contribution is 9.11. The van der Waals surface area contributed by atoms with E-state index < -0.39 is 0 Å². The van der Waals surface area contributed by atoms with Crippen molar-refractivity contribution in [3.8, 4) is 17.2 Å². The maximum atomic E-state index is 5.76. The maximum Gasteiger partial charge on any atom is 0.205 e. The van der Waals surface area contributed by atoms with Crippen LogP contribution in [0.5, 0.6) is 17.2 Å². The van der Waals surface area contributed by atoms with Gasteiger partial charge in [0.25, 0.3) is 0 Å². The number of halogens is 2. The van der Waals surface area contributed by atoms with E-state index >= 15 is 0 Å². The number of hydrogen-bond donors (Lipinski definition) is 0. The van der Waals surface area contributed by atoms with Crippen molar-refractivity contribution in [2.24, 2.45) is 0 Å². The Balaban J connectivity index is 2.80. The maximum absolute atomic E-state index is 5.76. The van der Waals surface area contributed by atoms with Gasteiger partial charge in [-0.05, 0) is 58.7 Å². The molecule has 114 valence electrons. The number of ether oxygens (including phenoxy) is 3. The summed E-state index contributed by atoms with van der Waals surface area (Å²) in [6.07, 6.45) is 0. The van der Waals surface area contributed by atoms with E-state index in [9.17, 15) is 0 Å². The Morgan fingerprint density at radius 1 is 0.905 bits per heavy atom. The predicted molar refractivity (Wildman–Crippen MR) is 88.4 cm³/mol. The second-order valence-corrected chi connectivity index (χ2v) is 5.47. The molecule has 5 nitrogen and oxygen atoms in total. The fourth-order valence-corrected chi connectivity index (χ4v) is 3.02. The molecule has 1 heterocycles. The molecule has 1 aromatic heterocycles. The normalized spacial score (nSPS) is 10.7. The molecule has 0 unspecified atom stereocenters. The van der Waals surface area contributed by atoms with Crippen LogP contribution in [0, 0.1) is 0 Å². The number of aromatic nitrogens is 2. The topological polar surface area (TPSA) is 53.5 Å². The van der Waals surface area contributed by atoms with E-state index in [-0.39, 0.29) is 0 Å². The SMILES string of the molecule is CCOc1cc2c(Br)nc(Br)nc2c(OCC)c1OCC. The van der Waals surface area contributed by atoms with Gasteiger partial charge in [0.1, 0.15) is 10.1 Å². The standard InChI is InChI=1S/C14H16Br2N2O3/c1-4-19-9-7-8-10(17-14(16)18-13(8)15)12(21-6-3)11(9)20-5-2/h7H,4-6H2,1-3H3. The van der Waals surface area contributed by atoms with Crippen molar-refractivity contribution in [3.63, 3.8) is 0 Å². The van der Waals surface area contributed by atoms with Gasteiger partial charge in [0, 0.05) is 5.39 Å². The van der Waals surface area contributed by atoms with E-state index in [1.807, 2.05) is 26.8 Å². The lowest BCUT2D eigenvalue weighted by atomic mass is 10.2. The zero-order valence-electron chi connectivity index (χ0n) is 12.1. The molecule has 0 fully saturated rings. The van der Waals surface area contributed by atoms with Crippen LogP contribution < -0.4 is 14.2 Å². The molecule has 0 amide bonds. The summed E-state index contributed by atoms with van der Waals surface area (Å²) in [5.74, 6) is 1.78. The van der Waals surface area contributed by atoms with E-state index in [4.69, 9.17) is 14.2 Å². The van der Waals surface area contributed by atoms with Crippen molar-refractivity contribution in [1.29, 1.82) is 0 Å². The van der Waals surface area contributed by atoms with Gasteiger partial charge in [-0.25, -0.2) is 9.97 Å². The number of hydrogen-bond acceptors (Lipinski definition) is 5. The summed E-state index contributed by atoms with van der Waals surface area (Å²) in [7, 11) is 0. The minimum absolute atomic E-state index is 0.481. The van der Waals surface area contributed by atoms with E-state index in [1.165, 1.54) is 0 Å². The van der Waals surface area contributed by atoms with Crippen LogP contribution >= 0.6 is 31.9 Å². The first-order chi connectivity index (χ1) is 10.1. The molecule has 0 N–H and O–H groups in total. The Morgan fingerprint density at radius 3 is 2.14 bits per heavy atom. The zero-order valence-corrected chi connectivity index (χ0v) is 15.2. The van der Waals surface area contributed by atoms with Crippen LogP contribution in [-0.4, -0.2) is 29.8 Å². The third-order valence-corrected chi connectivity index (χ3v) is 3.63. The molecule has 2 rings (SSSR count). The van der Waals surface area contributed by atoms with E-state index in [0.29, 0.717) is 51.9 Å². The summed E-state index contributed by atoms with van der Waals surface area (Å²) in [6.45, 7) is 7.31. The largest absolute Gasteiger partial charge is 0.490 e. The molecule has 0 aliphatic rings. The minimum atomic E-state index is 0.481. The molecule has 0 spiro atoms. The molecule has 0 radical (unpaired) electrons. The zero-order chi connectivity index (χ0) is 15.4. The monoisotopic (exact) mass is 418 g/mol. The summed E-state index contributed by atoms with van der Waals surface area (Å²) in [5, 5.41) is 0.813. The lowest BCUT2D eigenvalue weighted by Gasteiger charge is -2.17. The third kappa shape index (κ3) is 3.40. The van der Waals surface area contributed by atoms with Gasteiger partial charge in [-0.3, -0.25) is 0 Å². The van der Waals surface area contributed by atoms with E-state index in [2.05, 4.69) is 41.8 Å². The quantitative estimate of drug-likeness (QED) is 0.514. The summed E-state index contributed by atoms with van der Waals surface area (Å²) < 4.78 is 18.3. The number of rotatable bonds is 6. The average molecular weight is 420 g/mol. The van der Waals surface area contributed by atoms with Gasteiger partial charge < -0.3 is 14.2 Å². The fourth-order valence-electron chi connectivity index (χ4n) is 1.96. The van der Waals surface area contributed by atoms with Crippen LogP contribution in [0.15, 0.2) is 15.4 Å². The average Bonchev–Trinajstić information content (AvgIpc) is 2.44. The third-order valence-electron chi connectivity index (χ3n) is 2.67. The molecule has 0 aliphatic heterocycles. The van der Waals surface area contributed by atoms with Crippen LogP contribution in [0.2, 0.25) is 0 Å². The molecular weight excluding hydrogens is 404 g/mol. The van der Waals surface area contributed by atoms with Gasteiger partial charge in [0.15, 0.2) is 16.2 Å². The van der Waals surface area contributed by atoms with Crippen molar-refractivity contribution >= 4 is 42.8 Å². The summed E-state index contributed by atoms with van der Waals surface area (Å²) in [4.78, 5) is 8.66. The highest BCUT2D eigenvalue weighted by Crippen LogP contribution is 2.44. The molecule has 0 aliphatic carbocycles. The first-order valence-corrected chi connectivity index (χ1v) is 8.29. The molecule has 0 saturated carbocycles. The molecule has 7 heteroatoms. The van der Waals surface area contributed by atoms with Crippen LogP contribution in [-0.2, 0) is 0 Å². The van der Waals surface area contributed by atoms with Crippen molar-refractivity contribution in [2.75, 3.05) is 19.8 Å².